The summed E-state index contributed by atoms with van der Waals surface area (Å²) in [5, 5.41) is 3.89. The van der Waals surface area contributed by atoms with Gasteiger partial charge in [0.1, 0.15) is 6.10 Å². The second kappa shape index (κ2) is 8.27. The van der Waals surface area contributed by atoms with Crippen molar-refractivity contribution < 1.29 is 14.1 Å². The third kappa shape index (κ3) is 4.29. The molecule has 0 radical (unpaired) electrons. The highest BCUT2D eigenvalue weighted by atomic mass is 16.5. The van der Waals surface area contributed by atoms with Gasteiger partial charge in [-0.15, -0.1) is 0 Å². The lowest BCUT2D eigenvalue weighted by Gasteiger charge is -2.29. The molecule has 0 aromatic carbocycles. The predicted molar refractivity (Wildman–Crippen MR) is 82.3 cm³/mol. The summed E-state index contributed by atoms with van der Waals surface area (Å²) < 4.78 is 10.3. The number of nitrogens with zero attached hydrogens (tertiary/aromatic N) is 3. The monoisotopic (exact) mass is 309 g/mol. The minimum absolute atomic E-state index is 0.191. The fourth-order valence-electron chi connectivity index (χ4n) is 2.93. The molecule has 0 aliphatic carbocycles. The Morgan fingerprint density at radius 3 is 3.00 bits per heavy atom. The summed E-state index contributed by atoms with van der Waals surface area (Å²) in [5.41, 5.74) is 0. The van der Waals surface area contributed by atoms with Gasteiger partial charge in [0.2, 0.25) is 11.8 Å². The van der Waals surface area contributed by atoms with E-state index >= 15 is 0 Å². The van der Waals surface area contributed by atoms with Crippen molar-refractivity contribution in [2.75, 3.05) is 13.7 Å². The van der Waals surface area contributed by atoms with Crippen molar-refractivity contribution in [1.29, 1.82) is 0 Å². The summed E-state index contributed by atoms with van der Waals surface area (Å²) in [6.07, 6.45) is 6.45. The highest BCUT2D eigenvalue weighted by Crippen LogP contribution is 2.20. The Morgan fingerprint density at radius 1 is 1.45 bits per heavy atom. The molecule has 124 valence electrons. The Balaban J connectivity index is 1.89. The Kier molecular flexibility index (Phi) is 6.36. The molecule has 6 nitrogen and oxygen atoms in total. The first-order valence-electron chi connectivity index (χ1n) is 8.30. The lowest BCUT2D eigenvalue weighted by Crippen LogP contribution is -2.39. The van der Waals surface area contributed by atoms with Gasteiger partial charge in [-0.25, -0.2) is 0 Å². The van der Waals surface area contributed by atoms with Crippen LogP contribution in [0.15, 0.2) is 4.52 Å². The van der Waals surface area contributed by atoms with E-state index in [1.165, 1.54) is 12.8 Å². The zero-order valence-electron chi connectivity index (χ0n) is 13.9. The van der Waals surface area contributed by atoms with E-state index in [1.807, 2.05) is 6.92 Å². The van der Waals surface area contributed by atoms with E-state index < -0.39 is 0 Å². The second-order valence-corrected chi connectivity index (χ2v) is 5.92. The summed E-state index contributed by atoms with van der Waals surface area (Å²) in [4.78, 5) is 18.8. The maximum Gasteiger partial charge on any atom is 0.227 e. The average molecular weight is 309 g/mol. The van der Waals surface area contributed by atoms with Crippen molar-refractivity contribution in [3.8, 4) is 0 Å². The van der Waals surface area contributed by atoms with Crippen molar-refractivity contribution in [3.63, 3.8) is 0 Å². The number of hydrogen-bond donors (Lipinski definition) is 0. The van der Waals surface area contributed by atoms with Gasteiger partial charge in [-0.1, -0.05) is 24.9 Å². The molecule has 1 saturated heterocycles. The van der Waals surface area contributed by atoms with Crippen LogP contribution in [0, 0.1) is 0 Å². The van der Waals surface area contributed by atoms with E-state index in [1.54, 1.807) is 7.11 Å². The van der Waals surface area contributed by atoms with Crippen molar-refractivity contribution in [2.24, 2.45) is 0 Å². The first-order valence-corrected chi connectivity index (χ1v) is 8.30. The quantitative estimate of drug-likeness (QED) is 0.808. The summed E-state index contributed by atoms with van der Waals surface area (Å²) in [7, 11) is 1.61. The second-order valence-electron chi connectivity index (χ2n) is 5.92. The fourth-order valence-corrected chi connectivity index (χ4v) is 2.93. The summed E-state index contributed by atoms with van der Waals surface area (Å²) >= 11 is 0. The molecule has 2 heterocycles. The number of hydrogen-bond acceptors (Lipinski definition) is 5. The van der Waals surface area contributed by atoms with E-state index in [0.29, 0.717) is 30.6 Å². The Morgan fingerprint density at radius 2 is 2.27 bits per heavy atom. The number of aromatic nitrogens is 2. The highest BCUT2D eigenvalue weighted by Gasteiger charge is 2.24. The molecule has 0 saturated carbocycles. The third-order valence-electron chi connectivity index (χ3n) is 4.42. The van der Waals surface area contributed by atoms with Gasteiger partial charge in [0.25, 0.3) is 0 Å². The maximum atomic E-state index is 12.5. The lowest BCUT2D eigenvalue weighted by molar-refractivity contribution is -0.133. The zero-order valence-corrected chi connectivity index (χ0v) is 13.9. The molecule has 2 atom stereocenters. The molecule has 22 heavy (non-hydrogen) atoms. The highest BCUT2D eigenvalue weighted by molar-refractivity contribution is 5.76. The number of likely N-dealkylation sites (tertiary alicyclic amines) is 1. The number of carbonyl (C=O) groups excluding carboxylic acids is 1. The smallest absolute Gasteiger partial charge is 0.227 e. The Bertz CT molecular complexity index is 475. The molecular formula is C16H27N3O3. The molecule has 0 spiro atoms. The van der Waals surface area contributed by atoms with Crippen LogP contribution in [0.2, 0.25) is 0 Å². The Labute approximate surface area is 132 Å². The van der Waals surface area contributed by atoms with Crippen LogP contribution in [0.1, 0.15) is 70.2 Å². The number of ether oxygens (including phenoxy) is 1. The largest absolute Gasteiger partial charge is 0.374 e. The average Bonchev–Trinajstić information content (AvgIpc) is 2.88. The lowest BCUT2D eigenvalue weighted by atomic mass is 10.1. The first kappa shape index (κ1) is 16.9. The maximum absolute atomic E-state index is 12.5. The van der Waals surface area contributed by atoms with Crippen LogP contribution in [0.5, 0.6) is 0 Å². The van der Waals surface area contributed by atoms with Gasteiger partial charge in [0.15, 0.2) is 5.82 Å². The van der Waals surface area contributed by atoms with Crippen LogP contribution in [0.3, 0.4) is 0 Å². The number of rotatable bonds is 6. The van der Waals surface area contributed by atoms with E-state index in [-0.39, 0.29) is 12.0 Å². The third-order valence-corrected chi connectivity index (χ3v) is 4.42. The normalized spacial score (nSPS) is 20.7. The van der Waals surface area contributed by atoms with E-state index in [0.717, 1.165) is 25.8 Å². The van der Waals surface area contributed by atoms with Crippen molar-refractivity contribution in [1.82, 2.24) is 15.0 Å². The van der Waals surface area contributed by atoms with E-state index in [2.05, 4.69) is 22.0 Å². The van der Waals surface area contributed by atoms with Crippen LogP contribution >= 0.6 is 0 Å². The van der Waals surface area contributed by atoms with Crippen LogP contribution in [-0.4, -0.2) is 40.6 Å². The molecule has 0 bridgehead atoms. The molecule has 1 aromatic rings. The SMILES string of the molecule is CC[C@H]1CCCCCN1C(=O)CCc1nc([C@H](C)OC)no1. The number of methoxy groups -OCH3 is 1. The van der Waals surface area contributed by atoms with Gasteiger partial charge >= 0.3 is 0 Å². The van der Waals surface area contributed by atoms with Crippen molar-refractivity contribution in [2.45, 2.75) is 70.9 Å². The number of carbonyl (C=O) groups is 1. The molecule has 1 fully saturated rings. The van der Waals surface area contributed by atoms with Crippen molar-refractivity contribution >= 4 is 5.91 Å². The molecule has 6 heteroatoms. The van der Waals surface area contributed by atoms with Crippen LogP contribution in [0.25, 0.3) is 0 Å². The minimum atomic E-state index is -0.191. The topological polar surface area (TPSA) is 68.5 Å². The van der Waals surface area contributed by atoms with Gasteiger partial charge in [0.05, 0.1) is 0 Å². The number of amides is 1. The molecule has 1 aromatic heterocycles. The molecule has 0 unspecified atom stereocenters. The van der Waals surface area contributed by atoms with Gasteiger partial charge < -0.3 is 14.2 Å². The summed E-state index contributed by atoms with van der Waals surface area (Å²) in [6, 6.07) is 0.391. The standard InChI is InChI=1S/C16H27N3O3/c1-4-13-8-6-5-7-11-19(13)15(20)10-9-14-17-16(18-22-14)12(2)21-3/h12-13H,4-11H2,1-3H3/t12-,13-/m0/s1. The summed E-state index contributed by atoms with van der Waals surface area (Å²) in [5.74, 6) is 1.24. The molecule has 1 amide bonds. The molecular weight excluding hydrogens is 282 g/mol. The molecule has 1 aliphatic rings. The number of aryl methyl sites for hydroxylation is 1. The van der Waals surface area contributed by atoms with Crippen LogP contribution < -0.4 is 0 Å². The molecule has 1 aliphatic heterocycles. The molecule has 0 N–H and O–H groups in total. The van der Waals surface area contributed by atoms with E-state index in [4.69, 9.17) is 9.26 Å². The van der Waals surface area contributed by atoms with Crippen molar-refractivity contribution in [3.05, 3.63) is 11.7 Å². The van der Waals surface area contributed by atoms with Crippen LogP contribution in [0.4, 0.5) is 0 Å². The van der Waals surface area contributed by atoms with Gasteiger partial charge in [0, 0.05) is 32.5 Å². The van der Waals surface area contributed by atoms with Gasteiger partial charge in [-0.2, -0.15) is 4.98 Å². The zero-order chi connectivity index (χ0) is 15.9. The fraction of sp³-hybridized carbons (Fsp3) is 0.812. The van der Waals surface area contributed by atoms with Gasteiger partial charge in [-0.3, -0.25) is 4.79 Å². The first-order chi connectivity index (χ1) is 10.7. The predicted octanol–water partition coefficient (Wildman–Crippen LogP) is 2.89. The van der Waals surface area contributed by atoms with E-state index in [9.17, 15) is 4.79 Å². The Hall–Kier alpha value is -1.43. The summed E-state index contributed by atoms with van der Waals surface area (Å²) in [6.45, 7) is 4.91. The van der Waals surface area contributed by atoms with Gasteiger partial charge in [-0.05, 0) is 26.2 Å². The van der Waals surface area contributed by atoms with Crippen LogP contribution in [-0.2, 0) is 16.0 Å². The minimum Gasteiger partial charge on any atom is -0.374 e. The molecule has 2 rings (SSSR count).